The summed E-state index contributed by atoms with van der Waals surface area (Å²) in [5.41, 5.74) is 2.90. The van der Waals surface area contributed by atoms with Gasteiger partial charge < -0.3 is 10.2 Å². The normalized spacial score (nSPS) is 20.8. The van der Waals surface area contributed by atoms with Crippen molar-refractivity contribution in [2.24, 2.45) is 5.92 Å². The summed E-state index contributed by atoms with van der Waals surface area (Å²) in [6.45, 7) is 6.92. The monoisotopic (exact) mass is 515 g/mol. The molecule has 1 N–H and O–H groups in total. The van der Waals surface area contributed by atoms with Crippen LogP contribution in [0.4, 0.5) is 10.1 Å². The van der Waals surface area contributed by atoms with E-state index in [1.54, 1.807) is 18.3 Å². The molecule has 5 rings (SSSR count). The van der Waals surface area contributed by atoms with Crippen LogP contribution in [0.15, 0.2) is 79.0 Å². The summed E-state index contributed by atoms with van der Waals surface area (Å²) in [5, 5.41) is 3.04. The highest BCUT2D eigenvalue weighted by Gasteiger charge is 2.35. The van der Waals surface area contributed by atoms with Crippen LogP contribution in [0.5, 0.6) is 0 Å². The number of nitrogens with zero attached hydrogens (tertiary/aromatic N) is 4. The number of piperidine rings is 1. The molecule has 3 heterocycles. The van der Waals surface area contributed by atoms with Crippen LogP contribution in [0, 0.1) is 11.7 Å². The van der Waals surface area contributed by atoms with Crippen molar-refractivity contribution in [1.29, 1.82) is 0 Å². The van der Waals surface area contributed by atoms with Gasteiger partial charge in [-0.05, 0) is 55.1 Å². The van der Waals surface area contributed by atoms with Gasteiger partial charge in [-0.15, -0.1) is 0 Å². The lowest BCUT2D eigenvalue weighted by molar-refractivity contribution is -0.121. The van der Waals surface area contributed by atoms with E-state index in [-0.39, 0.29) is 11.7 Å². The largest absolute Gasteiger partial charge is 0.367 e. The number of carbonyl (C=O) groups is 1. The molecule has 7 heteroatoms. The molecule has 1 amide bonds. The van der Waals surface area contributed by atoms with Gasteiger partial charge in [0.2, 0.25) is 5.91 Å². The number of aromatic nitrogens is 1. The van der Waals surface area contributed by atoms with Crippen molar-refractivity contribution in [3.63, 3.8) is 0 Å². The number of carbonyl (C=O) groups excluding carboxylic acids is 1. The van der Waals surface area contributed by atoms with E-state index in [1.807, 2.05) is 30.3 Å². The first kappa shape index (κ1) is 26.3. The summed E-state index contributed by atoms with van der Waals surface area (Å²) in [7, 11) is 0. The van der Waals surface area contributed by atoms with Crippen LogP contribution in [-0.2, 0) is 17.9 Å². The molecule has 2 fully saturated rings. The average Bonchev–Trinajstić information content (AvgIpc) is 2.97. The first-order valence-corrected chi connectivity index (χ1v) is 13.8. The summed E-state index contributed by atoms with van der Waals surface area (Å²) in [4.78, 5) is 24.3. The summed E-state index contributed by atoms with van der Waals surface area (Å²) in [5.74, 6) is 0.344. The van der Waals surface area contributed by atoms with Gasteiger partial charge in [0, 0.05) is 57.9 Å². The van der Waals surface area contributed by atoms with Crippen LogP contribution < -0.4 is 10.2 Å². The van der Waals surface area contributed by atoms with Crippen LogP contribution in [0.3, 0.4) is 0 Å². The number of rotatable bonds is 9. The molecule has 6 nitrogen and oxygen atoms in total. The maximum atomic E-state index is 14.4. The van der Waals surface area contributed by atoms with Gasteiger partial charge in [0.25, 0.3) is 0 Å². The van der Waals surface area contributed by atoms with Crippen molar-refractivity contribution in [3.8, 4) is 0 Å². The van der Waals surface area contributed by atoms with Crippen molar-refractivity contribution < 1.29 is 9.18 Å². The van der Waals surface area contributed by atoms with Crippen LogP contribution in [0.2, 0.25) is 0 Å². The number of likely N-dealkylation sites (tertiary alicyclic amines) is 1. The fourth-order valence-corrected chi connectivity index (χ4v) is 5.94. The number of benzene rings is 2. The Labute approximate surface area is 225 Å². The minimum atomic E-state index is -0.148. The number of piperazine rings is 1. The second-order valence-corrected chi connectivity index (χ2v) is 10.4. The lowest BCUT2D eigenvalue weighted by Crippen LogP contribution is -2.56. The molecule has 1 aromatic heterocycles. The van der Waals surface area contributed by atoms with Crippen LogP contribution >= 0.6 is 0 Å². The van der Waals surface area contributed by atoms with Gasteiger partial charge in [-0.2, -0.15) is 0 Å². The topological polar surface area (TPSA) is 51.7 Å². The number of hydrogen-bond acceptors (Lipinski definition) is 5. The Morgan fingerprint density at radius 3 is 2.45 bits per heavy atom. The first-order chi connectivity index (χ1) is 18.7. The average molecular weight is 516 g/mol. The third-order valence-corrected chi connectivity index (χ3v) is 7.94. The Hall–Kier alpha value is -3.29. The van der Waals surface area contributed by atoms with Crippen LogP contribution in [-0.4, -0.2) is 66.0 Å². The number of hydrogen-bond donors (Lipinski definition) is 1. The number of anilines is 1. The molecule has 2 atom stereocenters. The molecule has 200 valence electrons. The number of amides is 1. The SMILES string of the molecule is O=C(CC[C@@H]1CN(Cc2ccccc2)CC[C@@H]1N1CCN(c2ccccc2F)CC1)NCc1ccccn1. The molecule has 2 aliphatic heterocycles. The highest BCUT2D eigenvalue weighted by Crippen LogP contribution is 2.29. The summed E-state index contributed by atoms with van der Waals surface area (Å²) < 4.78 is 14.4. The van der Waals surface area contributed by atoms with Gasteiger partial charge in [-0.1, -0.05) is 48.5 Å². The van der Waals surface area contributed by atoms with Crippen molar-refractivity contribution in [3.05, 3.63) is 96.1 Å². The Morgan fingerprint density at radius 2 is 1.68 bits per heavy atom. The van der Waals surface area contributed by atoms with Gasteiger partial charge in [0.1, 0.15) is 5.82 Å². The molecular formula is C31H38FN5O. The fraction of sp³-hybridized carbons (Fsp3) is 0.419. The highest BCUT2D eigenvalue weighted by atomic mass is 19.1. The molecular weight excluding hydrogens is 477 g/mol. The van der Waals surface area contributed by atoms with Gasteiger partial charge in [-0.3, -0.25) is 19.6 Å². The summed E-state index contributed by atoms with van der Waals surface area (Å²) in [6.07, 6.45) is 4.22. The van der Waals surface area contributed by atoms with Crippen molar-refractivity contribution >= 4 is 11.6 Å². The molecule has 0 spiro atoms. The van der Waals surface area contributed by atoms with E-state index in [0.717, 1.165) is 64.3 Å². The van der Waals surface area contributed by atoms with E-state index >= 15 is 0 Å². The Bertz CT molecular complexity index is 1150. The predicted octanol–water partition coefficient (Wildman–Crippen LogP) is 4.33. The van der Waals surface area contributed by atoms with Crippen molar-refractivity contribution in [1.82, 2.24) is 20.1 Å². The number of pyridine rings is 1. The fourth-order valence-electron chi connectivity index (χ4n) is 5.94. The Morgan fingerprint density at radius 1 is 0.921 bits per heavy atom. The molecule has 0 unspecified atom stereocenters. The van der Waals surface area contributed by atoms with Crippen LogP contribution in [0.1, 0.15) is 30.5 Å². The second-order valence-electron chi connectivity index (χ2n) is 10.4. The van der Waals surface area contributed by atoms with Gasteiger partial charge >= 0.3 is 0 Å². The molecule has 0 aliphatic carbocycles. The molecule has 3 aromatic rings. The third kappa shape index (κ3) is 6.97. The van der Waals surface area contributed by atoms with Gasteiger partial charge in [0.05, 0.1) is 17.9 Å². The smallest absolute Gasteiger partial charge is 0.220 e. The summed E-state index contributed by atoms with van der Waals surface area (Å²) >= 11 is 0. The number of nitrogens with one attached hydrogen (secondary N) is 1. The molecule has 2 saturated heterocycles. The second kappa shape index (κ2) is 13.0. The zero-order chi connectivity index (χ0) is 26.2. The maximum Gasteiger partial charge on any atom is 0.220 e. The van der Waals surface area contributed by atoms with Gasteiger partial charge in [0.15, 0.2) is 0 Å². The zero-order valence-electron chi connectivity index (χ0n) is 22.0. The minimum absolute atomic E-state index is 0.0824. The van der Waals surface area contributed by atoms with E-state index in [0.29, 0.717) is 30.6 Å². The molecule has 0 bridgehead atoms. The highest BCUT2D eigenvalue weighted by molar-refractivity contribution is 5.75. The van der Waals surface area contributed by atoms with E-state index in [1.165, 1.54) is 5.56 Å². The van der Waals surface area contributed by atoms with Crippen molar-refractivity contribution in [2.45, 2.75) is 38.4 Å². The van der Waals surface area contributed by atoms with E-state index < -0.39 is 0 Å². The standard InChI is InChI=1S/C31H38FN5O/c32-28-11-4-5-12-30(28)37-20-18-36(19-21-37)29-15-17-35(23-25-8-2-1-3-9-25)24-26(29)13-14-31(38)34-22-27-10-6-7-16-33-27/h1-12,16,26,29H,13-15,17-24H2,(H,34,38)/t26-,29+/m1/s1. The minimum Gasteiger partial charge on any atom is -0.367 e. The number of para-hydroxylation sites is 1. The molecule has 2 aliphatic rings. The zero-order valence-corrected chi connectivity index (χ0v) is 22.0. The number of halogens is 1. The first-order valence-electron chi connectivity index (χ1n) is 13.8. The lowest BCUT2D eigenvalue weighted by atomic mass is 9.86. The molecule has 0 saturated carbocycles. The van der Waals surface area contributed by atoms with Gasteiger partial charge in [-0.25, -0.2) is 4.39 Å². The maximum absolute atomic E-state index is 14.4. The van der Waals surface area contributed by atoms with E-state index in [9.17, 15) is 9.18 Å². The van der Waals surface area contributed by atoms with Crippen molar-refractivity contribution in [2.75, 3.05) is 44.2 Å². The molecule has 38 heavy (non-hydrogen) atoms. The van der Waals surface area contributed by atoms with E-state index in [2.05, 4.69) is 55.3 Å². The van der Waals surface area contributed by atoms with Crippen LogP contribution in [0.25, 0.3) is 0 Å². The molecule has 0 radical (unpaired) electrons. The Kier molecular flexibility index (Phi) is 8.99. The lowest BCUT2D eigenvalue weighted by Gasteiger charge is -2.47. The third-order valence-electron chi connectivity index (χ3n) is 7.94. The summed E-state index contributed by atoms with van der Waals surface area (Å²) in [6, 6.07) is 23.9. The Balaban J connectivity index is 1.19. The van der Waals surface area contributed by atoms with E-state index in [4.69, 9.17) is 0 Å². The predicted molar refractivity (Wildman–Crippen MR) is 149 cm³/mol. The quantitative estimate of drug-likeness (QED) is 0.460. The molecule has 2 aromatic carbocycles.